The Morgan fingerprint density at radius 2 is 1.62 bits per heavy atom. The lowest BCUT2D eigenvalue weighted by Crippen LogP contribution is -2.40. The van der Waals surface area contributed by atoms with Gasteiger partial charge in [0.1, 0.15) is 5.01 Å². The van der Waals surface area contributed by atoms with Crippen LogP contribution in [0.4, 0.5) is 0 Å². The third-order valence-electron chi connectivity index (χ3n) is 4.73. The average Bonchev–Trinajstić information content (AvgIpc) is 3.36. The minimum atomic E-state index is -3.51. The highest BCUT2D eigenvalue weighted by Crippen LogP contribution is 2.29. The number of hydrogen-bond donors (Lipinski definition) is 0. The Kier molecular flexibility index (Phi) is 4.63. The summed E-state index contributed by atoms with van der Waals surface area (Å²) < 4.78 is 34.0. The molecule has 0 aliphatic carbocycles. The van der Waals surface area contributed by atoms with Crippen LogP contribution in [0.5, 0.6) is 0 Å². The van der Waals surface area contributed by atoms with Crippen LogP contribution in [0.3, 0.4) is 0 Å². The number of morpholine rings is 1. The van der Waals surface area contributed by atoms with Crippen molar-refractivity contribution in [2.75, 3.05) is 26.3 Å². The molecule has 0 radical (unpaired) electrons. The molecule has 5 rings (SSSR count). The fourth-order valence-electron chi connectivity index (χ4n) is 3.21. The van der Waals surface area contributed by atoms with Gasteiger partial charge in [0, 0.05) is 24.2 Å². The van der Waals surface area contributed by atoms with Crippen LogP contribution in [-0.4, -0.2) is 58.8 Å². The van der Waals surface area contributed by atoms with E-state index < -0.39 is 10.0 Å². The van der Waals surface area contributed by atoms with Crippen molar-refractivity contribution < 1.29 is 13.2 Å². The molecule has 0 atom stereocenters. The van der Waals surface area contributed by atoms with Crippen molar-refractivity contribution in [3.05, 3.63) is 54.6 Å². The van der Waals surface area contributed by atoms with Crippen molar-refractivity contribution in [3.8, 4) is 22.0 Å². The lowest BCUT2D eigenvalue weighted by atomic mass is 10.2. The number of rotatable bonds is 4. The first-order valence-corrected chi connectivity index (χ1v) is 11.3. The third-order valence-corrected chi connectivity index (χ3v) is 7.59. The van der Waals surface area contributed by atoms with Crippen LogP contribution in [0.15, 0.2) is 59.5 Å². The molecule has 3 heterocycles. The maximum atomic E-state index is 12.8. The molecular formula is C19H17N5O3S2. The van der Waals surface area contributed by atoms with Crippen molar-refractivity contribution in [1.82, 2.24) is 24.1 Å². The van der Waals surface area contributed by atoms with Crippen molar-refractivity contribution in [1.29, 1.82) is 0 Å². The maximum absolute atomic E-state index is 12.8. The minimum absolute atomic E-state index is 0.274. The van der Waals surface area contributed by atoms with Crippen LogP contribution in [0, 0.1) is 0 Å². The zero-order valence-corrected chi connectivity index (χ0v) is 16.9. The smallest absolute Gasteiger partial charge is 0.243 e. The van der Waals surface area contributed by atoms with E-state index in [0.29, 0.717) is 37.1 Å². The quantitative estimate of drug-likeness (QED) is 0.497. The van der Waals surface area contributed by atoms with Crippen molar-refractivity contribution >= 4 is 26.3 Å². The van der Waals surface area contributed by atoms with Crippen LogP contribution in [0.2, 0.25) is 0 Å². The van der Waals surface area contributed by atoms with Crippen LogP contribution in [0.1, 0.15) is 0 Å². The second-order valence-corrected chi connectivity index (χ2v) is 9.43. The van der Waals surface area contributed by atoms with Crippen LogP contribution in [0.25, 0.3) is 26.9 Å². The van der Waals surface area contributed by atoms with Gasteiger partial charge in [0.15, 0.2) is 5.82 Å². The standard InChI is InChI=1S/C19H17N5O3S2/c25-29(26,23-10-12-27-13-11-23)16-8-6-15(7-9-16)18-22-24-17(20-21-19(24)28-18)14-4-2-1-3-5-14/h1-9H,10-13H2. The highest BCUT2D eigenvalue weighted by molar-refractivity contribution is 7.89. The van der Waals surface area contributed by atoms with E-state index in [2.05, 4.69) is 15.3 Å². The molecule has 8 nitrogen and oxygen atoms in total. The normalized spacial score (nSPS) is 15.7. The largest absolute Gasteiger partial charge is 0.379 e. The molecule has 29 heavy (non-hydrogen) atoms. The summed E-state index contributed by atoms with van der Waals surface area (Å²) in [6.07, 6.45) is 0. The lowest BCUT2D eigenvalue weighted by Gasteiger charge is -2.26. The molecule has 148 valence electrons. The van der Waals surface area contributed by atoms with Gasteiger partial charge in [0.2, 0.25) is 15.0 Å². The number of benzene rings is 2. The number of nitrogens with zero attached hydrogens (tertiary/aromatic N) is 5. The van der Waals surface area contributed by atoms with E-state index >= 15 is 0 Å². The number of fused-ring (bicyclic) bond motifs is 1. The van der Waals surface area contributed by atoms with E-state index in [0.717, 1.165) is 16.1 Å². The van der Waals surface area contributed by atoms with Gasteiger partial charge in [-0.2, -0.15) is 13.9 Å². The van der Waals surface area contributed by atoms with E-state index in [-0.39, 0.29) is 4.90 Å². The van der Waals surface area contributed by atoms with Gasteiger partial charge >= 0.3 is 0 Å². The Morgan fingerprint density at radius 1 is 0.897 bits per heavy atom. The predicted octanol–water partition coefficient (Wildman–Crippen LogP) is 2.54. The number of ether oxygens (including phenoxy) is 1. The van der Waals surface area contributed by atoms with E-state index in [1.165, 1.54) is 15.6 Å². The van der Waals surface area contributed by atoms with Crippen LogP contribution < -0.4 is 0 Å². The Bertz CT molecular complexity index is 1240. The molecule has 1 aliphatic heterocycles. The zero-order valence-electron chi connectivity index (χ0n) is 15.3. The molecule has 0 unspecified atom stereocenters. The minimum Gasteiger partial charge on any atom is -0.379 e. The van der Waals surface area contributed by atoms with Crippen molar-refractivity contribution in [2.24, 2.45) is 0 Å². The predicted molar refractivity (Wildman–Crippen MR) is 109 cm³/mol. The molecular weight excluding hydrogens is 410 g/mol. The van der Waals surface area contributed by atoms with Crippen molar-refractivity contribution in [2.45, 2.75) is 4.90 Å². The fraction of sp³-hybridized carbons (Fsp3) is 0.211. The van der Waals surface area contributed by atoms with Gasteiger partial charge in [-0.15, -0.1) is 10.2 Å². The summed E-state index contributed by atoms with van der Waals surface area (Å²) in [4.78, 5) is 0.958. The summed E-state index contributed by atoms with van der Waals surface area (Å²) in [6, 6.07) is 16.6. The summed E-state index contributed by atoms with van der Waals surface area (Å²) in [7, 11) is -3.51. The van der Waals surface area contributed by atoms with E-state index in [4.69, 9.17) is 4.74 Å². The summed E-state index contributed by atoms with van der Waals surface area (Å²) in [5.74, 6) is 0.676. The Morgan fingerprint density at radius 3 is 2.34 bits per heavy atom. The first kappa shape index (κ1) is 18.4. The third kappa shape index (κ3) is 3.33. The van der Waals surface area contributed by atoms with Gasteiger partial charge < -0.3 is 4.74 Å². The Hall–Kier alpha value is -2.66. The van der Waals surface area contributed by atoms with Gasteiger partial charge in [-0.1, -0.05) is 53.8 Å². The molecule has 0 spiro atoms. The molecule has 2 aromatic heterocycles. The molecule has 0 N–H and O–H groups in total. The molecule has 2 aromatic carbocycles. The van der Waals surface area contributed by atoms with Gasteiger partial charge in [0.25, 0.3) is 0 Å². The van der Waals surface area contributed by atoms with Crippen molar-refractivity contribution in [3.63, 3.8) is 0 Å². The first-order chi connectivity index (χ1) is 14.1. The van der Waals surface area contributed by atoms with Gasteiger partial charge in [-0.25, -0.2) is 8.42 Å². The average molecular weight is 428 g/mol. The highest BCUT2D eigenvalue weighted by Gasteiger charge is 2.26. The fourth-order valence-corrected chi connectivity index (χ4v) is 5.46. The van der Waals surface area contributed by atoms with Gasteiger partial charge in [-0.05, 0) is 12.1 Å². The maximum Gasteiger partial charge on any atom is 0.243 e. The molecule has 1 aliphatic rings. The second-order valence-electron chi connectivity index (χ2n) is 6.53. The molecule has 0 amide bonds. The monoisotopic (exact) mass is 427 g/mol. The molecule has 4 aromatic rings. The zero-order chi connectivity index (χ0) is 19.8. The number of hydrogen-bond acceptors (Lipinski definition) is 7. The second kappa shape index (κ2) is 7.30. The summed E-state index contributed by atoms with van der Waals surface area (Å²) >= 11 is 1.41. The number of sulfonamides is 1. The molecule has 0 bridgehead atoms. The molecule has 1 fully saturated rings. The van der Waals surface area contributed by atoms with Gasteiger partial charge in [-0.3, -0.25) is 0 Å². The summed E-state index contributed by atoms with van der Waals surface area (Å²) in [6.45, 7) is 1.61. The SMILES string of the molecule is O=S(=O)(c1ccc(-c2nn3c(-c4ccccc4)nnc3s2)cc1)N1CCOCC1. The topological polar surface area (TPSA) is 89.7 Å². The molecule has 1 saturated heterocycles. The van der Waals surface area contributed by atoms with E-state index in [1.54, 1.807) is 28.8 Å². The van der Waals surface area contributed by atoms with Crippen LogP contribution >= 0.6 is 11.3 Å². The number of aromatic nitrogens is 4. The van der Waals surface area contributed by atoms with E-state index in [9.17, 15) is 8.42 Å². The first-order valence-electron chi connectivity index (χ1n) is 9.09. The Labute approximate surface area is 171 Å². The molecule has 10 heteroatoms. The van der Waals surface area contributed by atoms with Gasteiger partial charge in [0.05, 0.1) is 18.1 Å². The summed E-state index contributed by atoms with van der Waals surface area (Å²) in [5, 5.41) is 13.8. The lowest BCUT2D eigenvalue weighted by molar-refractivity contribution is 0.0730. The Balaban J connectivity index is 1.46. The molecule has 0 saturated carbocycles. The van der Waals surface area contributed by atoms with Crippen LogP contribution in [-0.2, 0) is 14.8 Å². The summed E-state index contributed by atoms with van der Waals surface area (Å²) in [5.41, 5.74) is 1.77. The highest BCUT2D eigenvalue weighted by atomic mass is 32.2. The van der Waals surface area contributed by atoms with E-state index in [1.807, 2.05) is 30.3 Å².